The summed E-state index contributed by atoms with van der Waals surface area (Å²) in [6, 6.07) is 0. The van der Waals surface area contributed by atoms with Gasteiger partial charge in [-0.25, -0.2) is 4.39 Å². The van der Waals surface area contributed by atoms with E-state index in [1.165, 1.54) is 0 Å². The lowest BCUT2D eigenvalue weighted by Gasteiger charge is -1.90. The molecule has 7 heavy (non-hydrogen) atoms. The average molecular weight is 106 g/mol. The van der Waals surface area contributed by atoms with Gasteiger partial charge in [-0.2, -0.15) is 0 Å². The van der Waals surface area contributed by atoms with Crippen LogP contribution >= 0.6 is 0 Å². The second kappa shape index (κ2) is 3.61. The third-order valence-corrected chi connectivity index (χ3v) is 0.469. The lowest BCUT2D eigenvalue weighted by Crippen LogP contribution is -1.99. The monoisotopic (exact) mass is 106 g/mol. The zero-order valence-electron chi connectivity index (χ0n) is 3.71. The first-order valence-corrected chi connectivity index (χ1v) is 1.87. The Morgan fingerprint density at radius 3 is 2.43 bits per heavy atom. The molecule has 42 valence electrons. The van der Waals surface area contributed by atoms with E-state index in [0.29, 0.717) is 6.26 Å². The van der Waals surface area contributed by atoms with E-state index in [1.54, 1.807) is 0 Å². The van der Waals surface area contributed by atoms with Gasteiger partial charge in [0.1, 0.15) is 6.17 Å². The zero-order chi connectivity index (χ0) is 5.70. The number of hydrogen-bond donors (Lipinski definition) is 2. The first-order chi connectivity index (χ1) is 3.31. The molecule has 0 heterocycles. The van der Waals surface area contributed by atoms with Crippen molar-refractivity contribution < 1.29 is 14.6 Å². The van der Waals surface area contributed by atoms with E-state index in [0.717, 1.165) is 6.08 Å². The van der Waals surface area contributed by atoms with Crippen molar-refractivity contribution in [2.75, 3.05) is 6.61 Å². The Morgan fingerprint density at radius 1 is 1.71 bits per heavy atom. The summed E-state index contributed by atoms with van der Waals surface area (Å²) in [6.07, 6.45) is 0.00551. The van der Waals surface area contributed by atoms with Gasteiger partial charge in [0.25, 0.3) is 0 Å². The van der Waals surface area contributed by atoms with Crippen LogP contribution in [-0.4, -0.2) is 23.0 Å². The molecule has 0 spiro atoms. The Morgan fingerprint density at radius 2 is 2.29 bits per heavy atom. The number of alkyl halides is 1. The Balaban J connectivity index is 3.16. The molecule has 0 saturated carbocycles. The minimum absolute atomic E-state index is 0.570. The van der Waals surface area contributed by atoms with Crippen molar-refractivity contribution in [3.05, 3.63) is 12.3 Å². The van der Waals surface area contributed by atoms with Crippen molar-refractivity contribution >= 4 is 0 Å². The molecule has 0 radical (unpaired) electrons. The predicted octanol–water partition coefficient (Wildman–Crippen LogP) is 0.388. The fourth-order valence-corrected chi connectivity index (χ4v) is 0.154. The van der Waals surface area contributed by atoms with Crippen LogP contribution in [0.25, 0.3) is 0 Å². The Labute approximate surface area is 40.9 Å². The molecule has 0 aromatic rings. The molecule has 3 heteroatoms. The molecule has 0 aliphatic carbocycles. The molecule has 0 aliphatic rings. The van der Waals surface area contributed by atoms with E-state index in [-0.39, 0.29) is 0 Å². The van der Waals surface area contributed by atoms with Gasteiger partial charge in [-0.1, -0.05) is 0 Å². The molecule has 0 saturated heterocycles. The van der Waals surface area contributed by atoms with Gasteiger partial charge >= 0.3 is 0 Å². The summed E-state index contributed by atoms with van der Waals surface area (Å²) in [7, 11) is 0. The summed E-state index contributed by atoms with van der Waals surface area (Å²) >= 11 is 0. The molecule has 0 amide bonds. The van der Waals surface area contributed by atoms with Gasteiger partial charge in [-0.05, 0) is 6.08 Å². The average Bonchev–Trinajstić information content (AvgIpc) is 1.68. The summed E-state index contributed by atoms with van der Waals surface area (Å²) < 4.78 is 11.6. The smallest absolute Gasteiger partial charge is 0.144 e. The Kier molecular flexibility index (Phi) is 3.32. The van der Waals surface area contributed by atoms with Crippen molar-refractivity contribution in [1.29, 1.82) is 0 Å². The van der Waals surface area contributed by atoms with Crippen molar-refractivity contribution in [2.24, 2.45) is 0 Å². The highest BCUT2D eigenvalue weighted by molar-refractivity contribution is 4.80. The van der Waals surface area contributed by atoms with Gasteiger partial charge in [0.15, 0.2) is 0 Å². The molecule has 2 N–H and O–H groups in total. The van der Waals surface area contributed by atoms with Crippen LogP contribution in [0.4, 0.5) is 4.39 Å². The van der Waals surface area contributed by atoms with Crippen LogP contribution in [0.1, 0.15) is 0 Å². The molecule has 0 aromatic heterocycles. The second-order valence-corrected chi connectivity index (χ2v) is 1.04. The molecule has 0 aromatic carbocycles. The molecule has 0 fully saturated rings. The molecule has 0 aliphatic heterocycles. The minimum atomic E-state index is -1.43. The summed E-state index contributed by atoms with van der Waals surface area (Å²) in [5, 5.41) is 15.8. The lowest BCUT2D eigenvalue weighted by atomic mass is 10.4. The van der Waals surface area contributed by atoms with Crippen molar-refractivity contribution in [3.8, 4) is 0 Å². The van der Waals surface area contributed by atoms with E-state index in [2.05, 4.69) is 0 Å². The third-order valence-electron chi connectivity index (χ3n) is 0.469. The van der Waals surface area contributed by atoms with E-state index in [9.17, 15) is 4.39 Å². The largest absolute Gasteiger partial charge is 0.516 e. The Hall–Kier alpha value is -0.570. The summed E-state index contributed by atoms with van der Waals surface area (Å²) in [5.74, 6) is 0. The van der Waals surface area contributed by atoms with E-state index in [1.807, 2.05) is 0 Å². The summed E-state index contributed by atoms with van der Waals surface area (Å²) in [6.45, 7) is -0.572. The maximum Gasteiger partial charge on any atom is 0.144 e. The molecule has 1 atom stereocenters. The van der Waals surface area contributed by atoms with Gasteiger partial charge < -0.3 is 10.2 Å². The number of hydrogen-bond acceptors (Lipinski definition) is 2. The second-order valence-electron chi connectivity index (χ2n) is 1.04. The van der Waals surface area contributed by atoms with Gasteiger partial charge in [-0.3, -0.25) is 0 Å². The lowest BCUT2D eigenvalue weighted by molar-refractivity contribution is 0.207. The molecular weight excluding hydrogens is 99.0 g/mol. The van der Waals surface area contributed by atoms with Crippen LogP contribution in [0.3, 0.4) is 0 Å². The van der Waals surface area contributed by atoms with Crippen molar-refractivity contribution in [1.82, 2.24) is 0 Å². The van der Waals surface area contributed by atoms with Crippen molar-refractivity contribution in [2.45, 2.75) is 6.17 Å². The fraction of sp³-hybridized carbons (Fsp3) is 0.500. The van der Waals surface area contributed by atoms with Crippen molar-refractivity contribution in [3.63, 3.8) is 0 Å². The molecule has 0 rings (SSSR count). The SMILES string of the molecule is O/C=C/C(F)CO. The standard InChI is InChI=1S/C4H7FO2/c5-4(3-7)1-2-6/h1-2,4,6-7H,3H2/b2-1+. The Bertz CT molecular complexity index is 62.7. The van der Waals surface area contributed by atoms with Gasteiger partial charge in [0.2, 0.25) is 0 Å². The van der Waals surface area contributed by atoms with Crippen LogP contribution in [-0.2, 0) is 0 Å². The zero-order valence-corrected chi connectivity index (χ0v) is 3.71. The quantitative estimate of drug-likeness (QED) is 0.500. The highest BCUT2D eigenvalue weighted by atomic mass is 19.1. The van der Waals surface area contributed by atoms with Crippen LogP contribution in [0.5, 0.6) is 0 Å². The van der Waals surface area contributed by atoms with Gasteiger partial charge in [0.05, 0.1) is 12.9 Å². The summed E-state index contributed by atoms with van der Waals surface area (Å²) in [5.41, 5.74) is 0. The third kappa shape index (κ3) is 3.26. The highest BCUT2D eigenvalue weighted by Crippen LogP contribution is 1.87. The summed E-state index contributed by atoms with van der Waals surface area (Å²) in [4.78, 5) is 0. The van der Waals surface area contributed by atoms with Gasteiger partial charge in [0, 0.05) is 0 Å². The molecular formula is C4H7FO2. The molecule has 0 bridgehead atoms. The molecule has 1 unspecified atom stereocenters. The van der Waals surface area contributed by atoms with Crippen LogP contribution in [0.2, 0.25) is 0 Å². The van der Waals surface area contributed by atoms with E-state index >= 15 is 0 Å². The maximum absolute atomic E-state index is 11.6. The van der Waals surface area contributed by atoms with Crippen LogP contribution in [0.15, 0.2) is 12.3 Å². The highest BCUT2D eigenvalue weighted by Gasteiger charge is 1.93. The normalized spacial score (nSPS) is 15.1. The number of rotatable bonds is 2. The molecule has 2 nitrogen and oxygen atoms in total. The number of aliphatic hydroxyl groups is 2. The van der Waals surface area contributed by atoms with E-state index in [4.69, 9.17) is 10.2 Å². The maximum atomic E-state index is 11.6. The van der Waals surface area contributed by atoms with E-state index < -0.39 is 12.8 Å². The topological polar surface area (TPSA) is 40.5 Å². The number of aliphatic hydroxyl groups excluding tert-OH is 2. The first kappa shape index (κ1) is 6.43. The van der Waals surface area contributed by atoms with Gasteiger partial charge in [-0.15, -0.1) is 0 Å². The first-order valence-electron chi connectivity index (χ1n) is 1.87. The van der Waals surface area contributed by atoms with Crippen LogP contribution in [0, 0.1) is 0 Å². The number of halogens is 1. The predicted molar refractivity (Wildman–Crippen MR) is 23.8 cm³/mol. The fourth-order valence-electron chi connectivity index (χ4n) is 0.154. The van der Waals surface area contributed by atoms with Crippen LogP contribution < -0.4 is 0 Å². The minimum Gasteiger partial charge on any atom is -0.516 e.